The van der Waals surface area contributed by atoms with Crippen molar-refractivity contribution in [2.75, 3.05) is 0 Å². The number of nitrogens with one attached hydrogen (secondary N) is 1. The molecule has 3 nitrogen and oxygen atoms in total. The average Bonchev–Trinajstić information content (AvgIpc) is 2.82. The summed E-state index contributed by atoms with van der Waals surface area (Å²) >= 11 is 0. The maximum atomic E-state index is 9.56. The predicted molar refractivity (Wildman–Crippen MR) is 73.2 cm³/mol. The Morgan fingerprint density at radius 2 is 1.89 bits per heavy atom. The number of aliphatic hydroxyl groups is 1. The lowest BCUT2D eigenvalue weighted by molar-refractivity contribution is 0.102. The molecule has 96 valence electrons. The SMILES string of the molecule is NC(c1c[nH]c2ccccc12)C1CCC(O)CC1. The van der Waals surface area contributed by atoms with E-state index in [1.165, 1.54) is 10.9 Å². The van der Waals surface area contributed by atoms with Gasteiger partial charge in [0.15, 0.2) is 0 Å². The number of hydrogen-bond donors (Lipinski definition) is 3. The first kappa shape index (κ1) is 11.8. The second-order valence-electron chi connectivity index (χ2n) is 5.38. The Morgan fingerprint density at radius 1 is 1.17 bits per heavy atom. The molecule has 1 aliphatic carbocycles. The van der Waals surface area contributed by atoms with Gasteiger partial charge in [0, 0.05) is 23.1 Å². The van der Waals surface area contributed by atoms with Gasteiger partial charge in [0.2, 0.25) is 0 Å². The maximum Gasteiger partial charge on any atom is 0.0540 e. The normalized spacial score (nSPS) is 26.3. The first-order valence-corrected chi connectivity index (χ1v) is 6.75. The zero-order chi connectivity index (χ0) is 12.5. The van der Waals surface area contributed by atoms with E-state index in [0.29, 0.717) is 5.92 Å². The topological polar surface area (TPSA) is 62.0 Å². The molecule has 2 aromatic rings. The maximum absolute atomic E-state index is 9.56. The predicted octanol–water partition coefficient (Wildman–Crippen LogP) is 2.72. The van der Waals surface area contributed by atoms with Crippen LogP contribution in [0.1, 0.15) is 37.3 Å². The first-order chi connectivity index (χ1) is 8.75. The van der Waals surface area contributed by atoms with Crippen molar-refractivity contribution in [3.05, 3.63) is 36.0 Å². The van der Waals surface area contributed by atoms with E-state index in [-0.39, 0.29) is 12.1 Å². The van der Waals surface area contributed by atoms with E-state index in [9.17, 15) is 5.11 Å². The number of aromatic nitrogens is 1. The van der Waals surface area contributed by atoms with Crippen LogP contribution in [0.15, 0.2) is 30.5 Å². The number of rotatable bonds is 2. The monoisotopic (exact) mass is 244 g/mol. The Morgan fingerprint density at radius 3 is 2.67 bits per heavy atom. The van der Waals surface area contributed by atoms with E-state index < -0.39 is 0 Å². The quantitative estimate of drug-likeness (QED) is 0.760. The summed E-state index contributed by atoms with van der Waals surface area (Å²) in [6.45, 7) is 0. The number of fused-ring (bicyclic) bond motifs is 1. The van der Waals surface area contributed by atoms with Gasteiger partial charge in [-0.3, -0.25) is 0 Å². The second kappa shape index (κ2) is 4.75. The second-order valence-corrected chi connectivity index (χ2v) is 5.38. The number of para-hydroxylation sites is 1. The van der Waals surface area contributed by atoms with Crippen molar-refractivity contribution < 1.29 is 5.11 Å². The molecular weight excluding hydrogens is 224 g/mol. The van der Waals surface area contributed by atoms with Crippen molar-refractivity contribution in [3.8, 4) is 0 Å². The fourth-order valence-electron chi connectivity index (χ4n) is 3.08. The molecule has 1 aliphatic rings. The van der Waals surface area contributed by atoms with Crippen LogP contribution in [-0.4, -0.2) is 16.2 Å². The third-order valence-corrected chi connectivity index (χ3v) is 4.23. The highest BCUT2D eigenvalue weighted by molar-refractivity contribution is 5.83. The molecular formula is C15H20N2O. The molecule has 1 aromatic carbocycles. The number of hydrogen-bond acceptors (Lipinski definition) is 2. The van der Waals surface area contributed by atoms with Gasteiger partial charge in [0.25, 0.3) is 0 Å². The summed E-state index contributed by atoms with van der Waals surface area (Å²) in [5, 5.41) is 10.8. The molecule has 3 rings (SSSR count). The van der Waals surface area contributed by atoms with Gasteiger partial charge in [-0.25, -0.2) is 0 Å². The zero-order valence-corrected chi connectivity index (χ0v) is 10.5. The van der Waals surface area contributed by atoms with Crippen LogP contribution in [0.2, 0.25) is 0 Å². The van der Waals surface area contributed by atoms with Gasteiger partial charge in [0.05, 0.1) is 6.10 Å². The third-order valence-electron chi connectivity index (χ3n) is 4.23. The Balaban J connectivity index is 1.85. The zero-order valence-electron chi connectivity index (χ0n) is 10.5. The average molecular weight is 244 g/mol. The van der Waals surface area contributed by atoms with E-state index in [2.05, 4.69) is 23.2 Å². The fourth-order valence-corrected chi connectivity index (χ4v) is 3.08. The summed E-state index contributed by atoms with van der Waals surface area (Å²) in [5.74, 6) is 0.493. The fraction of sp³-hybridized carbons (Fsp3) is 0.467. The summed E-state index contributed by atoms with van der Waals surface area (Å²) in [7, 11) is 0. The van der Waals surface area contributed by atoms with Crippen LogP contribution in [0.3, 0.4) is 0 Å². The van der Waals surface area contributed by atoms with Crippen LogP contribution in [0.5, 0.6) is 0 Å². The lowest BCUT2D eigenvalue weighted by Gasteiger charge is -2.29. The van der Waals surface area contributed by atoms with Gasteiger partial charge in [0.1, 0.15) is 0 Å². The largest absolute Gasteiger partial charge is 0.393 e. The molecule has 1 atom stereocenters. The molecule has 1 saturated carbocycles. The number of aromatic amines is 1. The first-order valence-electron chi connectivity index (χ1n) is 6.75. The van der Waals surface area contributed by atoms with Crippen molar-refractivity contribution >= 4 is 10.9 Å². The number of aliphatic hydroxyl groups excluding tert-OH is 1. The van der Waals surface area contributed by atoms with Crippen LogP contribution in [-0.2, 0) is 0 Å². The molecule has 1 aromatic heterocycles. The molecule has 1 fully saturated rings. The lowest BCUT2D eigenvalue weighted by Crippen LogP contribution is -2.27. The highest BCUT2D eigenvalue weighted by Crippen LogP contribution is 2.35. The number of benzene rings is 1. The van der Waals surface area contributed by atoms with Gasteiger partial charge in [-0.1, -0.05) is 18.2 Å². The highest BCUT2D eigenvalue weighted by Gasteiger charge is 2.26. The molecule has 4 N–H and O–H groups in total. The minimum Gasteiger partial charge on any atom is -0.393 e. The van der Waals surface area contributed by atoms with Crippen LogP contribution >= 0.6 is 0 Å². The van der Waals surface area contributed by atoms with Gasteiger partial charge >= 0.3 is 0 Å². The van der Waals surface area contributed by atoms with Crippen molar-refractivity contribution in [2.24, 2.45) is 11.7 Å². The van der Waals surface area contributed by atoms with Gasteiger partial charge in [-0.2, -0.15) is 0 Å². The van der Waals surface area contributed by atoms with E-state index >= 15 is 0 Å². The smallest absolute Gasteiger partial charge is 0.0540 e. The molecule has 1 heterocycles. The van der Waals surface area contributed by atoms with Crippen molar-refractivity contribution in [2.45, 2.75) is 37.8 Å². The van der Waals surface area contributed by atoms with Gasteiger partial charge in [-0.05, 0) is 43.2 Å². The molecule has 3 heteroatoms. The Bertz CT molecular complexity index is 526. The minimum absolute atomic E-state index is 0.0775. The highest BCUT2D eigenvalue weighted by atomic mass is 16.3. The summed E-state index contributed by atoms with van der Waals surface area (Å²) in [6, 6.07) is 8.37. The molecule has 0 saturated heterocycles. The molecule has 0 bridgehead atoms. The molecule has 0 spiro atoms. The molecule has 1 unspecified atom stereocenters. The Labute approximate surface area is 107 Å². The number of nitrogens with two attached hydrogens (primary N) is 1. The van der Waals surface area contributed by atoms with Crippen LogP contribution in [0.4, 0.5) is 0 Å². The molecule has 0 radical (unpaired) electrons. The summed E-state index contributed by atoms with van der Waals surface area (Å²) in [4.78, 5) is 3.29. The summed E-state index contributed by atoms with van der Waals surface area (Å²) in [6.07, 6.45) is 5.77. The van der Waals surface area contributed by atoms with Crippen LogP contribution in [0, 0.1) is 5.92 Å². The standard InChI is InChI=1S/C15H20N2O/c16-15(10-5-7-11(18)8-6-10)13-9-17-14-4-2-1-3-12(13)14/h1-4,9-11,15,17-18H,5-8,16H2. The van der Waals surface area contributed by atoms with Gasteiger partial charge < -0.3 is 15.8 Å². The van der Waals surface area contributed by atoms with Crippen molar-refractivity contribution in [1.82, 2.24) is 4.98 Å². The molecule has 0 aliphatic heterocycles. The molecule has 0 amide bonds. The van der Waals surface area contributed by atoms with Crippen molar-refractivity contribution in [3.63, 3.8) is 0 Å². The van der Waals surface area contributed by atoms with E-state index in [1.54, 1.807) is 0 Å². The Kier molecular flexibility index (Phi) is 3.10. The summed E-state index contributed by atoms with van der Waals surface area (Å²) in [5.41, 5.74) is 8.79. The van der Waals surface area contributed by atoms with Crippen molar-refractivity contribution in [1.29, 1.82) is 0 Å². The van der Waals surface area contributed by atoms with Gasteiger partial charge in [-0.15, -0.1) is 0 Å². The van der Waals surface area contributed by atoms with E-state index in [4.69, 9.17) is 5.73 Å². The third kappa shape index (κ3) is 2.04. The van der Waals surface area contributed by atoms with Crippen LogP contribution < -0.4 is 5.73 Å². The van der Waals surface area contributed by atoms with E-state index in [1.807, 2.05) is 12.3 Å². The Hall–Kier alpha value is -1.32. The van der Waals surface area contributed by atoms with Crippen LogP contribution in [0.25, 0.3) is 10.9 Å². The molecule has 18 heavy (non-hydrogen) atoms. The summed E-state index contributed by atoms with van der Waals surface area (Å²) < 4.78 is 0. The number of H-pyrrole nitrogens is 1. The minimum atomic E-state index is -0.114. The van der Waals surface area contributed by atoms with E-state index in [0.717, 1.165) is 31.2 Å². The lowest BCUT2D eigenvalue weighted by atomic mass is 9.80.